The Morgan fingerprint density at radius 1 is 1.23 bits per heavy atom. The third-order valence-electron chi connectivity index (χ3n) is 4.49. The first kappa shape index (κ1) is 19.6. The predicted molar refractivity (Wildman–Crippen MR) is 107 cm³/mol. The summed E-state index contributed by atoms with van der Waals surface area (Å²) in [5.41, 5.74) is 0.951. The van der Waals surface area contributed by atoms with Gasteiger partial charge in [0.1, 0.15) is 10.7 Å². The van der Waals surface area contributed by atoms with Gasteiger partial charge < -0.3 is 9.15 Å². The summed E-state index contributed by atoms with van der Waals surface area (Å²) in [6, 6.07) is 10.3. The Hall–Kier alpha value is -3.66. The third kappa shape index (κ3) is 3.52. The van der Waals surface area contributed by atoms with Gasteiger partial charge in [-0.25, -0.2) is 9.18 Å². The number of benzene rings is 2. The highest BCUT2D eigenvalue weighted by molar-refractivity contribution is 7.21. The molecule has 1 atom stereocenters. The number of hydrogen-bond donors (Lipinski definition) is 0. The number of aryl methyl sites for hydroxylation is 1. The lowest BCUT2D eigenvalue weighted by Gasteiger charge is -2.08. The lowest BCUT2D eigenvalue weighted by Crippen LogP contribution is -2.09. The van der Waals surface area contributed by atoms with Crippen molar-refractivity contribution in [2.75, 3.05) is 0 Å². The number of rotatable bonds is 5. The molecule has 0 amide bonds. The average Bonchev–Trinajstić information content (AvgIpc) is 3.34. The van der Waals surface area contributed by atoms with E-state index in [2.05, 4.69) is 10.2 Å². The first-order valence-electron chi connectivity index (χ1n) is 8.82. The molecule has 0 N–H and O–H groups in total. The van der Waals surface area contributed by atoms with E-state index in [9.17, 15) is 19.3 Å². The van der Waals surface area contributed by atoms with Crippen molar-refractivity contribution in [3.63, 3.8) is 0 Å². The minimum absolute atomic E-state index is 0.0593. The highest BCUT2D eigenvalue weighted by atomic mass is 32.1. The lowest BCUT2D eigenvalue weighted by molar-refractivity contribution is -0.384. The van der Waals surface area contributed by atoms with E-state index in [-0.39, 0.29) is 17.5 Å². The number of fused-ring (bicyclic) bond motifs is 1. The molecule has 2 aromatic heterocycles. The van der Waals surface area contributed by atoms with Gasteiger partial charge in [0, 0.05) is 27.8 Å². The van der Waals surface area contributed by atoms with E-state index in [0.29, 0.717) is 26.1 Å². The molecule has 0 aliphatic rings. The molecule has 0 bridgehead atoms. The molecule has 8 nitrogen and oxygen atoms in total. The number of esters is 1. The van der Waals surface area contributed by atoms with Gasteiger partial charge in [-0.1, -0.05) is 6.07 Å². The van der Waals surface area contributed by atoms with E-state index in [0.717, 1.165) is 11.3 Å². The number of thiophene rings is 1. The van der Waals surface area contributed by atoms with Crippen LogP contribution in [0.1, 0.15) is 34.2 Å². The Morgan fingerprint density at radius 2 is 1.97 bits per heavy atom. The van der Waals surface area contributed by atoms with Gasteiger partial charge in [0.2, 0.25) is 5.89 Å². The lowest BCUT2D eigenvalue weighted by atomic mass is 10.1. The zero-order valence-electron chi connectivity index (χ0n) is 15.8. The van der Waals surface area contributed by atoms with Crippen LogP contribution in [-0.2, 0) is 4.74 Å². The Morgan fingerprint density at radius 3 is 2.63 bits per heavy atom. The van der Waals surface area contributed by atoms with Crippen molar-refractivity contribution >= 4 is 33.1 Å². The van der Waals surface area contributed by atoms with Crippen LogP contribution in [-0.4, -0.2) is 21.1 Å². The molecule has 4 aromatic rings. The van der Waals surface area contributed by atoms with Gasteiger partial charge in [-0.05, 0) is 43.7 Å². The predicted octanol–water partition coefficient (Wildman–Crippen LogP) is 5.23. The summed E-state index contributed by atoms with van der Waals surface area (Å²) in [5, 5.41) is 18.9. The van der Waals surface area contributed by atoms with Gasteiger partial charge in [-0.3, -0.25) is 10.1 Å². The van der Waals surface area contributed by atoms with Crippen LogP contribution >= 0.6 is 11.3 Å². The summed E-state index contributed by atoms with van der Waals surface area (Å²) in [7, 11) is 0. The molecule has 4 rings (SSSR count). The summed E-state index contributed by atoms with van der Waals surface area (Å²) in [4.78, 5) is 23.2. The molecule has 2 aromatic carbocycles. The molecule has 0 aliphatic carbocycles. The van der Waals surface area contributed by atoms with E-state index in [4.69, 9.17) is 9.15 Å². The van der Waals surface area contributed by atoms with Crippen molar-refractivity contribution in [2.45, 2.75) is 20.0 Å². The number of non-ortho nitro benzene ring substituents is 1. The fourth-order valence-corrected chi connectivity index (χ4v) is 4.06. The fraction of sp³-hybridized carbons (Fsp3) is 0.150. The van der Waals surface area contributed by atoms with Crippen LogP contribution in [0.25, 0.3) is 21.5 Å². The molecule has 2 heterocycles. The Kier molecular flexibility index (Phi) is 5.00. The normalized spacial score (nSPS) is 12.1. The van der Waals surface area contributed by atoms with Crippen molar-refractivity contribution in [3.05, 3.63) is 74.7 Å². The SMILES string of the molecule is Cc1c(C(=O)OC(C)c2nnc(-c3ccc([N+](=O)[O-])cc3)o2)sc2cccc(F)c12. The molecule has 0 aliphatic heterocycles. The highest BCUT2D eigenvalue weighted by Crippen LogP contribution is 2.34. The number of aromatic nitrogens is 2. The molecule has 0 spiro atoms. The second-order valence-electron chi connectivity index (χ2n) is 6.47. The maximum absolute atomic E-state index is 14.1. The van der Waals surface area contributed by atoms with Crippen molar-refractivity contribution in [2.24, 2.45) is 0 Å². The minimum Gasteiger partial charge on any atom is -0.448 e. The molecular weight excluding hydrogens is 413 g/mol. The largest absolute Gasteiger partial charge is 0.448 e. The Balaban J connectivity index is 1.53. The molecule has 0 saturated heterocycles. The van der Waals surface area contributed by atoms with Crippen LogP contribution in [0.2, 0.25) is 0 Å². The average molecular weight is 427 g/mol. The number of nitro groups is 1. The molecule has 152 valence electrons. The zero-order chi connectivity index (χ0) is 21.4. The van der Waals surface area contributed by atoms with Crippen molar-refractivity contribution in [1.29, 1.82) is 0 Å². The van der Waals surface area contributed by atoms with E-state index < -0.39 is 22.8 Å². The van der Waals surface area contributed by atoms with E-state index in [1.165, 1.54) is 30.3 Å². The van der Waals surface area contributed by atoms with Crippen molar-refractivity contribution in [1.82, 2.24) is 10.2 Å². The summed E-state index contributed by atoms with van der Waals surface area (Å²) in [6.07, 6.45) is -0.841. The molecule has 0 fully saturated rings. The number of nitrogens with zero attached hydrogens (tertiary/aromatic N) is 3. The number of halogens is 1. The van der Waals surface area contributed by atoms with Crippen LogP contribution in [0.3, 0.4) is 0 Å². The Bertz CT molecular complexity index is 1270. The summed E-state index contributed by atoms with van der Waals surface area (Å²) >= 11 is 1.15. The van der Waals surface area contributed by atoms with Crippen LogP contribution in [0.4, 0.5) is 10.1 Å². The topological polar surface area (TPSA) is 108 Å². The van der Waals surface area contributed by atoms with Gasteiger partial charge in [0.25, 0.3) is 11.6 Å². The van der Waals surface area contributed by atoms with E-state index in [1.54, 1.807) is 26.0 Å². The van der Waals surface area contributed by atoms with Gasteiger partial charge in [0.05, 0.1) is 4.92 Å². The number of ether oxygens (including phenoxy) is 1. The summed E-state index contributed by atoms with van der Waals surface area (Å²) < 4.78 is 25.7. The van der Waals surface area contributed by atoms with Gasteiger partial charge in [-0.2, -0.15) is 0 Å². The second kappa shape index (κ2) is 7.64. The third-order valence-corrected chi connectivity index (χ3v) is 5.72. The molecule has 30 heavy (non-hydrogen) atoms. The van der Waals surface area contributed by atoms with E-state index >= 15 is 0 Å². The minimum atomic E-state index is -0.841. The molecular formula is C20H14FN3O5S. The van der Waals surface area contributed by atoms with Gasteiger partial charge in [0.15, 0.2) is 6.10 Å². The number of carbonyl (C=O) groups is 1. The highest BCUT2D eigenvalue weighted by Gasteiger charge is 2.24. The van der Waals surface area contributed by atoms with Crippen molar-refractivity contribution in [3.8, 4) is 11.5 Å². The van der Waals surface area contributed by atoms with Gasteiger partial charge in [-0.15, -0.1) is 21.5 Å². The van der Waals surface area contributed by atoms with E-state index in [1.807, 2.05) is 0 Å². The summed E-state index contributed by atoms with van der Waals surface area (Å²) in [6.45, 7) is 3.25. The Labute approximate surface area is 173 Å². The zero-order valence-corrected chi connectivity index (χ0v) is 16.6. The first-order valence-corrected chi connectivity index (χ1v) is 9.63. The van der Waals surface area contributed by atoms with Crippen molar-refractivity contribution < 1.29 is 23.3 Å². The standard InChI is InChI=1S/C20H14FN3O5S/c1-10-16-14(21)4-3-5-15(16)30-17(10)20(25)28-11(2)18-22-23-19(29-18)12-6-8-13(9-7-12)24(26)27/h3-9,11H,1-2H3. The second-order valence-corrected chi connectivity index (χ2v) is 7.52. The quantitative estimate of drug-likeness (QED) is 0.244. The molecule has 10 heteroatoms. The first-order chi connectivity index (χ1) is 14.3. The van der Waals surface area contributed by atoms with Crippen LogP contribution in [0, 0.1) is 22.9 Å². The monoisotopic (exact) mass is 427 g/mol. The maximum atomic E-state index is 14.1. The maximum Gasteiger partial charge on any atom is 0.349 e. The molecule has 1 unspecified atom stereocenters. The van der Waals surface area contributed by atoms with Gasteiger partial charge >= 0.3 is 5.97 Å². The van der Waals surface area contributed by atoms with Crippen LogP contribution in [0.15, 0.2) is 46.9 Å². The molecule has 0 radical (unpaired) electrons. The van der Waals surface area contributed by atoms with Crippen LogP contribution < -0.4 is 0 Å². The number of hydrogen-bond acceptors (Lipinski definition) is 8. The number of carbonyl (C=O) groups excluding carboxylic acids is 1. The van der Waals surface area contributed by atoms with Crippen LogP contribution in [0.5, 0.6) is 0 Å². The summed E-state index contributed by atoms with van der Waals surface area (Å²) in [5.74, 6) is -0.793. The smallest absolute Gasteiger partial charge is 0.349 e. The molecule has 0 saturated carbocycles. The number of nitro benzene ring substituents is 1. The fourth-order valence-electron chi connectivity index (χ4n) is 2.95.